The van der Waals surface area contributed by atoms with Gasteiger partial charge in [0.25, 0.3) is 0 Å². The summed E-state index contributed by atoms with van der Waals surface area (Å²) in [4.78, 5) is 30.4. The molecule has 0 aliphatic rings. The molecule has 0 fully saturated rings. The van der Waals surface area contributed by atoms with Crippen LogP contribution in [-0.4, -0.2) is 20.8 Å². The van der Waals surface area contributed by atoms with Crippen molar-refractivity contribution in [1.82, 2.24) is 0 Å². The van der Waals surface area contributed by atoms with Crippen molar-refractivity contribution in [2.24, 2.45) is 0 Å². The minimum atomic E-state index is -4.63. The number of hydrogen-bond donors (Lipinski definition) is 3. The minimum absolute atomic E-state index is 0.0728. The van der Waals surface area contributed by atoms with E-state index in [1.54, 1.807) is 30.3 Å². The second kappa shape index (κ2) is 7.35. The normalized spacial score (nSPS) is 14.0. The van der Waals surface area contributed by atoms with Gasteiger partial charge in [0.15, 0.2) is 0 Å². The molecule has 19 heavy (non-hydrogen) atoms. The monoisotopic (exact) mass is 286 g/mol. The van der Waals surface area contributed by atoms with E-state index in [4.69, 9.17) is 0 Å². The maximum atomic E-state index is 10.1. The van der Waals surface area contributed by atoms with Gasteiger partial charge in [-0.05, 0) is 0 Å². The first-order valence-corrected chi connectivity index (χ1v) is 9.54. The van der Waals surface area contributed by atoms with Crippen molar-refractivity contribution in [3.63, 3.8) is 0 Å². The Morgan fingerprint density at radius 3 is 1.89 bits per heavy atom. The first kappa shape index (κ1) is 16.6. The van der Waals surface area contributed by atoms with Gasteiger partial charge in [0, 0.05) is 0 Å². The van der Waals surface area contributed by atoms with E-state index in [0.29, 0.717) is 6.42 Å². The van der Waals surface area contributed by atoms with Gasteiger partial charge in [0.2, 0.25) is 0 Å². The predicted octanol–water partition coefficient (Wildman–Crippen LogP) is 3.34. The summed E-state index contributed by atoms with van der Waals surface area (Å²) in [7, 11) is -4.63. The number of rotatable bonds is 9. The van der Waals surface area contributed by atoms with Crippen LogP contribution < -0.4 is 5.30 Å². The van der Waals surface area contributed by atoms with Crippen molar-refractivity contribution >= 4 is 12.6 Å². The molecule has 0 aliphatic heterocycles. The molecule has 0 radical (unpaired) electrons. The van der Waals surface area contributed by atoms with Crippen molar-refractivity contribution in [3.05, 3.63) is 30.3 Å². The first-order valence-electron chi connectivity index (χ1n) is 7.26. The van der Waals surface area contributed by atoms with Crippen molar-refractivity contribution in [2.45, 2.75) is 51.9 Å². The van der Waals surface area contributed by atoms with Gasteiger partial charge in [0.05, 0.1) is 0 Å². The summed E-state index contributed by atoms with van der Waals surface area (Å²) in [6, 6.07) is 8.39. The van der Waals surface area contributed by atoms with Crippen LogP contribution in [0.25, 0.3) is 0 Å². The van der Waals surface area contributed by atoms with Gasteiger partial charge in [-0.3, -0.25) is 0 Å². The Morgan fingerprint density at radius 2 is 1.32 bits per heavy atom. The van der Waals surface area contributed by atoms with Gasteiger partial charge in [0.1, 0.15) is 0 Å². The fraction of sp³-hybridized carbons (Fsp3) is 0.600. The Morgan fingerprint density at radius 1 is 0.789 bits per heavy atom. The Kier molecular flexibility index (Phi) is 6.41. The zero-order valence-electron chi connectivity index (χ0n) is 11.8. The summed E-state index contributed by atoms with van der Waals surface area (Å²) in [5.74, 6) is 0. The predicted molar refractivity (Wildman–Crippen MR) is 82.5 cm³/mol. The molecule has 0 saturated heterocycles. The topological polar surface area (TPSA) is 60.7 Å². The van der Waals surface area contributed by atoms with E-state index in [0.717, 1.165) is 12.8 Å². The van der Waals surface area contributed by atoms with Crippen molar-refractivity contribution in [2.75, 3.05) is 6.16 Å². The molecule has 3 N–H and O–H groups in total. The van der Waals surface area contributed by atoms with Crippen LogP contribution in [0.15, 0.2) is 30.3 Å². The van der Waals surface area contributed by atoms with Crippen molar-refractivity contribution < 1.29 is 14.7 Å². The molecular formula is C15H27O3P. The van der Waals surface area contributed by atoms with Crippen molar-refractivity contribution in [3.8, 4) is 0 Å². The molecule has 1 rings (SSSR count). The van der Waals surface area contributed by atoms with Crippen LogP contribution in [0.4, 0.5) is 0 Å². The van der Waals surface area contributed by atoms with Gasteiger partial charge in [-0.15, -0.1) is 0 Å². The summed E-state index contributed by atoms with van der Waals surface area (Å²) in [6.07, 6.45) is 7.70. The average molecular weight is 286 g/mol. The molecule has 1 aromatic rings. The molecule has 0 heterocycles. The molecule has 0 spiro atoms. The van der Waals surface area contributed by atoms with E-state index in [-0.39, 0.29) is 11.5 Å². The average Bonchev–Trinajstić information content (AvgIpc) is 2.38. The van der Waals surface area contributed by atoms with Gasteiger partial charge < -0.3 is 0 Å². The Labute approximate surface area is 116 Å². The molecule has 110 valence electrons. The Balaban J connectivity index is 2.34. The molecule has 3 nitrogen and oxygen atoms in total. The SMILES string of the molecule is CCCCCCCCCP(O)(O)(O)c1ccccc1. The van der Waals surface area contributed by atoms with Gasteiger partial charge in [-0.25, -0.2) is 0 Å². The van der Waals surface area contributed by atoms with Crippen LogP contribution >= 0.6 is 7.28 Å². The van der Waals surface area contributed by atoms with Crippen LogP contribution in [0.3, 0.4) is 0 Å². The van der Waals surface area contributed by atoms with Crippen molar-refractivity contribution in [1.29, 1.82) is 0 Å². The van der Waals surface area contributed by atoms with Gasteiger partial charge >= 0.3 is 116 Å². The summed E-state index contributed by atoms with van der Waals surface area (Å²) in [6.45, 7) is 2.19. The van der Waals surface area contributed by atoms with E-state index in [1.807, 2.05) is 0 Å². The summed E-state index contributed by atoms with van der Waals surface area (Å²) < 4.78 is 0. The van der Waals surface area contributed by atoms with Crippen LogP contribution in [0.5, 0.6) is 0 Å². The third-order valence-corrected chi connectivity index (χ3v) is 5.95. The molecular weight excluding hydrogens is 259 g/mol. The molecule has 0 saturated carbocycles. The number of benzene rings is 1. The van der Waals surface area contributed by atoms with Crippen LogP contribution in [0, 0.1) is 0 Å². The summed E-state index contributed by atoms with van der Waals surface area (Å²) in [5, 5.41) is 0.263. The zero-order chi connectivity index (χ0) is 14.2. The van der Waals surface area contributed by atoms with E-state index < -0.39 is 7.28 Å². The van der Waals surface area contributed by atoms with Crippen LogP contribution in [0.2, 0.25) is 0 Å². The Bertz CT molecular complexity index is 357. The maximum absolute atomic E-state index is 10.1. The molecule has 0 amide bonds. The van der Waals surface area contributed by atoms with Crippen LogP contribution in [-0.2, 0) is 0 Å². The van der Waals surface area contributed by atoms with Crippen LogP contribution in [0.1, 0.15) is 51.9 Å². The fourth-order valence-corrected chi connectivity index (χ4v) is 4.07. The zero-order valence-corrected chi connectivity index (χ0v) is 12.7. The molecule has 1 aromatic carbocycles. The Hall–Kier alpha value is -0.470. The number of unbranched alkanes of at least 4 members (excludes halogenated alkanes) is 6. The quantitative estimate of drug-likeness (QED) is 0.482. The third kappa shape index (κ3) is 6.01. The first-order chi connectivity index (χ1) is 8.94. The molecule has 0 aliphatic carbocycles. The fourth-order valence-electron chi connectivity index (χ4n) is 2.22. The summed E-state index contributed by atoms with van der Waals surface area (Å²) >= 11 is 0. The van der Waals surface area contributed by atoms with E-state index in [2.05, 4.69) is 6.92 Å². The second-order valence-corrected chi connectivity index (χ2v) is 8.60. The van der Waals surface area contributed by atoms with E-state index in [1.165, 1.54) is 25.7 Å². The summed E-state index contributed by atoms with van der Waals surface area (Å²) in [5.41, 5.74) is 0. The van der Waals surface area contributed by atoms with Gasteiger partial charge in [-0.2, -0.15) is 0 Å². The molecule has 0 aromatic heterocycles. The van der Waals surface area contributed by atoms with E-state index >= 15 is 0 Å². The number of hydrogen-bond acceptors (Lipinski definition) is 3. The molecule has 0 atom stereocenters. The van der Waals surface area contributed by atoms with E-state index in [9.17, 15) is 14.7 Å². The molecule has 0 bridgehead atoms. The second-order valence-electron chi connectivity index (χ2n) is 5.33. The third-order valence-electron chi connectivity index (χ3n) is 3.46. The molecule has 0 unspecified atom stereocenters. The standard InChI is InChI=1S/C15H27O3P/c1-2-3-4-5-6-7-11-14-19(16,17,18)15-12-9-8-10-13-15/h8-10,12-13,16-18H,2-7,11,14H2,1H3. The molecule has 4 heteroatoms. The van der Waals surface area contributed by atoms with Gasteiger partial charge in [-0.1, -0.05) is 0 Å².